The molecule has 12 aromatic carbocycles. The highest BCUT2D eigenvalue weighted by Crippen LogP contribution is 2.31. The van der Waals surface area contributed by atoms with E-state index in [0.29, 0.717) is 73.7 Å². The van der Waals surface area contributed by atoms with E-state index in [9.17, 15) is 70.3 Å². The van der Waals surface area contributed by atoms with Crippen molar-refractivity contribution in [2.75, 3.05) is 21.3 Å². The lowest BCUT2D eigenvalue weighted by Gasteiger charge is -2.11. The normalized spacial score (nSPS) is 11.0. The number of carbonyl (C=O) groups is 4. The summed E-state index contributed by atoms with van der Waals surface area (Å²) in [5.74, 6) is -13.6. The van der Waals surface area contributed by atoms with Gasteiger partial charge in [-0.3, -0.25) is 19.2 Å². The van der Waals surface area contributed by atoms with E-state index in [2.05, 4.69) is 73.8 Å². The minimum absolute atomic E-state index is 0.0114. The Morgan fingerprint density at radius 3 is 0.852 bits per heavy atom. The van der Waals surface area contributed by atoms with Crippen molar-refractivity contribution >= 4 is 118 Å². The second kappa shape index (κ2) is 48.1. The molecule has 8 N–H and O–H groups in total. The van der Waals surface area contributed by atoms with E-state index in [1.807, 2.05) is 255 Å². The van der Waals surface area contributed by atoms with Crippen molar-refractivity contribution in [1.82, 2.24) is 39.9 Å². The molecule has 0 unspecified atom stereocenters. The molecule has 0 aliphatic rings. The Bertz CT molecular complexity index is 6880. The zero-order valence-electron chi connectivity index (χ0n) is 71.6. The summed E-state index contributed by atoms with van der Waals surface area (Å²) in [6.45, 7) is -0.213. The maximum Gasteiger partial charge on any atom is 0.256 e. The van der Waals surface area contributed by atoms with E-state index < -0.39 is 64.5 Å². The molecule has 4 amide bonds. The molecular formula is C107H82F7IN12O8. The molecule has 0 fully saturated rings. The Balaban J connectivity index is 0.000000153. The molecule has 0 spiro atoms. The number of aliphatic hydroxyl groups excluding tert-OH is 4. The van der Waals surface area contributed by atoms with Gasteiger partial charge in [-0.2, -0.15) is 0 Å². The maximum absolute atomic E-state index is 14.0. The van der Waals surface area contributed by atoms with Crippen molar-refractivity contribution < 1.29 is 70.3 Å². The molecule has 16 aromatic rings. The summed E-state index contributed by atoms with van der Waals surface area (Å²) < 4.78 is 96.2. The minimum atomic E-state index is -2.30. The summed E-state index contributed by atoms with van der Waals surface area (Å²) in [7, 11) is 0. The number of amides is 4. The van der Waals surface area contributed by atoms with Gasteiger partial charge in [0.15, 0.2) is 58.2 Å². The van der Waals surface area contributed by atoms with Crippen LogP contribution >= 0.6 is 22.6 Å². The molecule has 4 aromatic heterocycles. The highest BCUT2D eigenvalue weighted by atomic mass is 127. The lowest BCUT2D eigenvalue weighted by Crippen LogP contribution is -2.20. The fourth-order valence-electron chi connectivity index (χ4n) is 13.0. The van der Waals surface area contributed by atoms with Crippen LogP contribution in [0.3, 0.4) is 0 Å². The average Bonchev–Trinajstić information content (AvgIpc) is 0.790. The molecule has 28 heteroatoms. The quantitative estimate of drug-likeness (QED) is 0.0103. The van der Waals surface area contributed by atoms with Crippen LogP contribution in [0.15, 0.2) is 316 Å². The zero-order chi connectivity index (χ0) is 95.0. The summed E-state index contributed by atoms with van der Waals surface area (Å²) in [6, 6.07) is 87.8. The molecule has 0 aliphatic heterocycles. The first-order valence-corrected chi connectivity index (χ1v) is 42.9. The van der Waals surface area contributed by atoms with E-state index in [1.54, 1.807) is 85.3 Å². The molecule has 0 radical (unpaired) electrons. The number of nitrogens with one attached hydrogen (secondary N) is 4. The van der Waals surface area contributed by atoms with Crippen LogP contribution < -0.4 is 21.3 Å². The first-order chi connectivity index (χ1) is 65.6. The highest BCUT2D eigenvalue weighted by Gasteiger charge is 2.28. The SMILES string of the molecule is O=C(Cc1c(F)c(F)c(F)c(F)c1F)Nc1ncc(-c2ccc(CO)cc2)nc1/C=C/c1ccccc1.O=C(Cc1ccc(F)c(F)c1)Nc1ncc(-c2ccc(CO)cc2)nc1/C=C/c1ccccc1.O=C(Cc1ccc(I)cc1)Nc1ncc(-c2ccc(CO)cc2)nc1/C=C/c1ccccc1.O=C(Nc1ncc(-c2ccc(CO)cc2)nc1/C=C/c1ccccc1)c1ccccc1. The third-order valence-corrected chi connectivity index (χ3v) is 20.9. The molecule has 20 nitrogen and oxygen atoms in total. The number of halogens is 8. The number of nitrogens with zero attached hydrogens (tertiary/aromatic N) is 8. The maximum atomic E-state index is 14.0. The second-order valence-electron chi connectivity index (χ2n) is 29.8. The molecule has 0 saturated carbocycles. The van der Waals surface area contributed by atoms with Crippen LogP contribution in [0.25, 0.3) is 93.6 Å². The predicted molar refractivity (Wildman–Crippen MR) is 518 cm³/mol. The Morgan fingerprint density at radius 2 is 0.548 bits per heavy atom. The Morgan fingerprint density at radius 1 is 0.281 bits per heavy atom. The van der Waals surface area contributed by atoms with Crippen LogP contribution in [0, 0.1) is 44.3 Å². The van der Waals surface area contributed by atoms with E-state index in [0.717, 1.165) is 76.9 Å². The van der Waals surface area contributed by atoms with E-state index >= 15 is 0 Å². The Kier molecular flexibility index (Phi) is 34.4. The highest BCUT2D eigenvalue weighted by molar-refractivity contribution is 14.1. The molecule has 674 valence electrons. The van der Waals surface area contributed by atoms with Crippen LogP contribution in [-0.2, 0) is 60.1 Å². The van der Waals surface area contributed by atoms with Crippen molar-refractivity contribution in [3.8, 4) is 45.0 Å². The Labute approximate surface area is 785 Å². The van der Waals surface area contributed by atoms with E-state index in [4.69, 9.17) is 9.97 Å². The van der Waals surface area contributed by atoms with Crippen molar-refractivity contribution in [3.63, 3.8) is 0 Å². The van der Waals surface area contributed by atoms with Gasteiger partial charge >= 0.3 is 0 Å². The third-order valence-electron chi connectivity index (χ3n) is 20.2. The standard InChI is InChI=1S/C27H18F5N3O2.C27H21F2N3O2.C27H22IN3O2.C26H21N3O2/c28-22-18(23(29)25(31)26(32)24(22)30)12-21(37)35-27-19(11-8-15-4-2-1-3-5-15)34-20(13-33-27)17-9-6-16(14-36)7-10-17;28-22-12-8-20(14-23(22)29)15-26(34)32-27-24(13-9-18-4-2-1-3-5-18)31-25(16-30-27)21-10-6-19(17-33)7-11-21;28-23-13-8-20(9-14-23)16-26(33)31-27-24(15-10-19-4-2-1-3-5-19)30-25(17-29-27)22-11-6-21(18-32)7-12-22;30-18-20-11-14-21(15-12-20)24-17-27-25(29-26(31)22-9-5-2-6-10-22)23(28-24)16-13-19-7-3-1-4-8-19/h1-11,13,36H,12,14H2,(H,33,35,37);1-14,16,33H,15,17H2,(H,30,32,34);1-15,17,32H,16,18H2,(H,29,31,33);1-17,30H,18H2,(H,27,29,31)/b11-8+;13-9+;15-10+;16-13+. The van der Waals surface area contributed by atoms with Crippen LogP contribution in [-0.4, -0.2) is 83.9 Å². The van der Waals surface area contributed by atoms with Gasteiger partial charge < -0.3 is 41.7 Å². The van der Waals surface area contributed by atoms with E-state index in [1.165, 1.54) is 12.3 Å². The number of anilines is 4. The van der Waals surface area contributed by atoms with Crippen molar-refractivity contribution in [3.05, 3.63) is 450 Å². The van der Waals surface area contributed by atoms with Gasteiger partial charge in [-0.15, -0.1) is 0 Å². The minimum Gasteiger partial charge on any atom is -0.392 e. The van der Waals surface area contributed by atoms with Crippen molar-refractivity contribution in [2.24, 2.45) is 0 Å². The fourth-order valence-corrected chi connectivity index (χ4v) is 13.3. The molecule has 0 bridgehead atoms. The lowest BCUT2D eigenvalue weighted by atomic mass is 10.1. The first kappa shape index (κ1) is 96.4. The average molecular weight is 1920 g/mol. The molecular weight excluding hydrogens is 1840 g/mol. The monoisotopic (exact) mass is 1920 g/mol. The van der Waals surface area contributed by atoms with Gasteiger partial charge in [0, 0.05) is 37.0 Å². The molecule has 135 heavy (non-hydrogen) atoms. The van der Waals surface area contributed by atoms with Gasteiger partial charge in [0.2, 0.25) is 23.5 Å². The first-order valence-electron chi connectivity index (χ1n) is 41.8. The van der Waals surface area contributed by atoms with Gasteiger partial charge in [-0.25, -0.2) is 70.6 Å². The summed E-state index contributed by atoms with van der Waals surface area (Å²) in [5.41, 5.74) is 14.8. The van der Waals surface area contributed by atoms with Crippen molar-refractivity contribution in [2.45, 2.75) is 45.7 Å². The Hall–Kier alpha value is -16.1. The predicted octanol–water partition coefficient (Wildman–Crippen LogP) is 21.6. The van der Waals surface area contributed by atoms with Gasteiger partial charge in [0.1, 0.15) is 22.8 Å². The summed E-state index contributed by atoms with van der Waals surface area (Å²) in [5, 5.41) is 47.9. The summed E-state index contributed by atoms with van der Waals surface area (Å²) >= 11 is 2.24. The molecule has 16 rings (SSSR count). The molecule has 0 saturated heterocycles. The van der Waals surface area contributed by atoms with Gasteiger partial charge in [-0.05, 0) is 139 Å². The number of rotatable bonds is 27. The van der Waals surface area contributed by atoms with Gasteiger partial charge in [-0.1, -0.05) is 279 Å². The smallest absolute Gasteiger partial charge is 0.256 e. The third kappa shape index (κ3) is 27.7. The number of carbonyl (C=O) groups excluding carboxylic acids is 4. The fraction of sp³-hybridized carbons (Fsp3) is 0.0654. The molecule has 0 atom stereocenters. The summed E-state index contributed by atoms with van der Waals surface area (Å²) in [6.07, 6.45) is 19.6. The molecule has 4 heterocycles. The number of hydrogen-bond acceptors (Lipinski definition) is 16. The van der Waals surface area contributed by atoms with Crippen LogP contribution in [0.2, 0.25) is 0 Å². The largest absolute Gasteiger partial charge is 0.392 e. The van der Waals surface area contributed by atoms with Gasteiger partial charge in [0.05, 0.1) is 93.3 Å². The lowest BCUT2D eigenvalue weighted by molar-refractivity contribution is -0.116. The number of hydrogen-bond donors (Lipinski definition) is 8. The number of aromatic nitrogens is 8. The molecule has 0 aliphatic carbocycles. The van der Waals surface area contributed by atoms with Gasteiger partial charge in [0.25, 0.3) is 5.91 Å². The van der Waals surface area contributed by atoms with Crippen LogP contribution in [0.1, 0.15) is 94.3 Å². The zero-order valence-corrected chi connectivity index (χ0v) is 73.8. The number of aliphatic hydroxyl groups is 4. The van der Waals surface area contributed by atoms with Crippen LogP contribution in [0.5, 0.6) is 0 Å². The number of benzene rings is 12. The van der Waals surface area contributed by atoms with Crippen LogP contribution in [0.4, 0.5) is 54.0 Å². The van der Waals surface area contributed by atoms with Crippen molar-refractivity contribution in [1.29, 1.82) is 0 Å². The second-order valence-corrected chi connectivity index (χ2v) is 31.0. The van der Waals surface area contributed by atoms with E-state index in [-0.39, 0.29) is 68.4 Å². The summed E-state index contributed by atoms with van der Waals surface area (Å²) in [4.78, 5) is 86.7. The topological polar surface area (TPSA) is 300 Å².